The van der Waals surface area contributed by atoms with E-state index in [1.165, 1.54) is 33.0 Å². The highest BCUT2D eigenvalue weighted by atomic mass is 16.5. The Morgan fingerprint density at radius 1 is 0.520 bits per heavy atom. The maximum Gasteiger partial charge on any atom is 0.119 e. The van der Waals surface area contributed by atoms with Crippen molar-refractivity contribution in [2.24, 2.45) is 17.8 Å². The number of benzene rings is 6. The van der Waals surface area contributed by atoms with E-state index in [0.29, 0.717) is 36.9 Å². The molecule has 4 aliphatic rings. The molecule has 10 rings (SSSR count). The molecule has 244 valence electrons. The molecule has 0 saturated heterocycles. The van der Waals surface area contributed by atoms with Gasteiger partial charge in [0.25, 0.3) is 0 Å². The van der Waals surface area contributed by atoms with Crippen molar-refractivity contribution in [1.82, 2.24) is 0 Å². The fourth-order valence-corrected chi connectivity index (χ4v) is 10.2. The first-order valence-corrected chi connectivity index (χ1v) is 18.2. The minimum absolute atomic E-state index is 0.149. The van der Waals surface area contributed by atoms with Crippen molar-refractivity contribution in [1.29, 1.82) is 0 Å². The number of ether oxygens (including phenoxy) is 2. The monoisotopic (exact) mass is 648 g/mol. The number of allylic oxidation sites excluding steroid dienone is 4. The van der Waals surface area contributed by atoms with Gasteiger partial charge in [-0.15, -0.1) is 0 Å². The largest absolute Gasteiger partial charge is 0.489 e. The van der Waals surface area contributed by atoms with E-state index in [1.54, 1.807) is 22.3 Å². The van der Waals surface area contributed by atoms with Gasteiger partial charge in [0.05, 0.1) is 0 Å². The van der Waals surface area contributed by atoms with Crippen LogP contribution in [0.4, 0.5) is 0 Å². The van der Waals surface area contributed by atoms with E-state index >= 15 is 0 Å². The highest BCUT2D eigenvalue weighted by molar-refractivity contribution is 5.93. The lowest BCUT2D eigenvalue weighted by Gasteiger charge is -2.43. The Bertz CT molecular complexity index is 2240. The molecule has 0 radical (unpaired) electrons. The smallest absolute Gasteiger partial charge is 0.119 e. The topological polar surface area (TPSA) is 18.5 Å². The third kappa shape index (κ3) is 4.76. The molecule has 2 heteroatoms. The Morgan fingerprint density at radius 2 is 1.10 bits per heavy atom. The van der Waals surface area contributed by atoms with Crippen LogP contribution in [-0.4, -0.2) is 0 Å². The molecule has 2 nitrogen and oxygen atoms in total. The molecular formula is C48H40O2. The normalized spacial score (nSPS) is 23.8. The van der Waals surface area contributed by atoms with Crippen molar-refractivity contribution in [3.05, 3.63) is 202 Å². The van der Waals surface area contributed by atoms with Crippen LogP contribution in [0.1, 0.15) is 45.7 Å². The van der Waals surface area contributed by atoms with Gasteiger partial charge in [0.15, 0.2) is 0 Å². The molecule has 5 unspecified atom stereocenters. The van der Waals surface area contributed by atoms with Crippen LogP contribution in [0.3, 0.4) is 0 Å². The molecular weight excluding hydrogens is 609 g/mol. The van der Waals surface area contributed by atoms with Crippen LogP contribution < -0.4 is 9.47 Å². The van der Waals surface area contributed by atoms with Crippen molar-refractivity contribution in [3.63, 3.8) is 0 Å². The zero-order chi connectivity index (χ0) is 33.1. The van der Waals surface area contributed by atoms with Gasteiger partial charge in [0.1, 0.15) is 24.7 Å². The fraction of sp³-hybridized carbons (Fsp3) is 0.208. The van der Waals surface area contributed by atoms with Gasteiger partial charge in [-0.1, -0.05) is 145 Å². The summed E-state index contributed by atoms with van der Waals surface area (Å²) in [5, 5.41) is 2.93. The highest BCUT2D eigenvalue weighted by Gasteiger charge is 2.68. The summed E-state index contributed by atoms with van der Waals surface area (Å²) in [6.45, 7) is 1.18. The lowest BCUT2D eigenvalue weighted by atomic mass is 9.60. The summed E-state index contributed by atoms with van der Waals surface area (Å²) in [7, 11) is 0. The van der Waals surface area contributed by atoms with Crippen molar-refractivity contribution in [2.75, 3.05) is 0 Å². The minimum Gasteiger partial charge on any atom is -0.489 e. The molecule has 1 saturated carbocycles. The van der Waals surface area contributed by atoms with Gasteiger partial charge in [-0.2, -0.15) is 0 Å². The molecule has 4 aliphatic carbocycles. The summed E-state index contributed by atoms with van der Waals surface area (Å²) in [5.74, 6) is 3.94. The number of hydrogen-bond donors (Lipinski definition) is 0. The van der Waals surface area contributed by atoms with Crippen LogP contribution in [0, 0.1) is 17.8 Å². The second-order valence-electron chi connectivity index (χ2n) is 14.8. The zero-order valence-electron chi connectivity index (χ0n) is 28.2. The maximum atomic E-state index is 6.13. The molecule has 0 amide bonds. The molecule has 50 heavy (non-hydrogen) atoms. The minimum atomic E-state index is 0.149. The lowest BCUT2D eigenvalue weighted by Crippen LogP contribution is -2.39. The van der Waals surface area contributed by atoms with Gasteiger partial charge in [0.2, 0.25) is 0 Å². The number of hydrogen-bond acceptors (Lipinski definition) is 2. The van der Waals surface area contributed by atoms with Gasteiger partial charge in [0, 0.05) is 5.41 Å². The molecule has 1 spiro atoms. The third-order valence-corrected chi connectivity index (χ3v) is 12.2. The van der Waals surface area contributed by atoms with Crippen molar-refractivity contribution < 1.29 is 9.47 Å². The Kier molecular flexibility index (Phi) is 7.05. The SMILES string of the molecule is C1=C(Cc2ccc(OCc3ccccc3)cc2)C2C3c4cccc5cccc(c45)C4(CC=C(Cc5ccc(OCc6ccccc6)cc5)C24)C13. The highest BCUT2D eigenvalue weighted by Crippen LogP contribution is 2.74. The van der Waals surface area contributed by atoms with E-state index < -0.39 is 0 Å². The van der Waals surface area contributed by atoms with E-state index in [9.17, 15) is 0 Å². The first kappa shape index (κ1) is 29.6. The van der Waals surface area contributed by atoms with Crippen LogP contribution in [0.5, 0.6) is 11.5 Å². The molecule has 4 bridgehead atoms. The average molecular weight is 649 g/mol. The van der Waals surface area contributed by atoms with E-state index in [1.807, 2.05) is 12.1 Å². The summed E-state index contributed by atoms with van der Waals surface area (Å²) in [5.41, 5.74) is 11.7. The Morgan fingerprint density at radius 3 is 1.72 bits per heavy atom. The predicted molar refractivity (Wildman–Crippen MR) is 201 cm³/mol. The zero-order valence-corrected chi connectivity index (χ0v) is 28.2. The molecule has 0 N–H and O–H groups in total. The second-order valence-corrected chi connectivity index (χ2v) is 14.8. The predicted octanol–water partition coefficient (Wildman–Crippen LogP) is 11.0. The van der Waals surface area contributed by atoms with E-state index in [0.717, 1.165) is 30.8 Å². The van der Waals surface area contributed by atoms with Gasteiger partial charge >= 0.3 is 0 Å². The molecule has 0 aliphatic heterocycles. The van der Waals surface area contributed by atoms with Crippen molar-refractivity contribution in [2.45, 2.75) is 43.8 Å². The second kappa shape index (κ2) is 11.9. The van der Waals surface area contributed by atoms with Crippen LogP contribution in [0.25, 0.3) is 10.8 Å². The first-order chi connectivity index (χ1) is 24.7. The van der Waals surface area contributed by atoms with Gasteiger partial charge < -0.3 is 9.47 Å². The quantitative estimate of drug-likeness (QED) is 0.138. The summed E-state index contributed by atoms with van der Waals surface area (Å²) >= 11 is 0. The molecule has 6 aromatic rings. The molecule has 0 heterocycles. The molecule has 5 atom stereocenters. The third-order valence-electron chi connectivity index (χ3n) is 12.2. The first-order valence-electron chi connectivity index (χ1n) is 18.2. The Balaban J connectivity index is 0.934. The summed E-state index contributed by atoms with van der Waals surface area (Å²) in [4.78, 5) is 0. The van der Waals surface area contributed by atoms with Gasteiger partial charge in [-0.3, -0.25) is 0 Å². The van der Waals surface area contributed by atoms with E-state index in [4.69, 9.17) is 9.47 Å². The summed E-state index contributed by atoms with van der Waals surface area (Å²) < 4.78 is 12.3. The lowest BCUT2D eigenvalue weighted by molar-refractivity contribution is 0.294. The Hall–Kier alpha value is -5.34. The van der Waals surface area contributed by atoms with E-state index in [2.05, 4.69) is 146 Å². The number of rotatable bonds is 10. The molecule has 0 aromatic heterocycles. The van der Waals surface area contributed by atoms with Crippen LogP contribution in [0.15, 0.2) is 169 Å². The Labute approximate surface area is 294 Å². The standard InChI is InChI=1S/C48H40O2/c1-3-9-34(10-4-1)30-49-39-21-17-32(18-22-39)27-37-25-26-48-42-16-8-14-36-13-7-15-41(44(36)42)46-43(48)29-38(45(46)47(37)48)28-33-19-23-40(24-20-33)50-31-35-11-5-2-6-12-35/h1-25,29,43,45-47H,26-28,30-31H2. The van der Waals surface area contributed by atoms with Crippen LogP contribution in [0.2, 0.25) is 0 Å². The van der Waals surface area contributed by atoms with Gasteiger partial charge in [-0.25, -0.2) is 0 Å². The van der Waals surface area contributed by atoms with Crippen molar-refractivity contribution >= 4 is 10.8 Å². The average Bonchev–Trinajstić information content (AvgIpc) is 3.80. The fourth-order valence-electron chi connectivity index (χ4n) is 10.2. The summed E-state index contributed by atoms with van der Waals surface area (Å²) in [6, 6.07) is 52.6. The van der Waals surface area contributed by atoms with Crippen molar-refractivity contribution in [3.8, 4) is 11.5 Å². The van der Waals surface area contributed by atoms with Crippen LogP contribution >= 0.6 is 0 Å². The van der Waals surface area contributed by atoms with Crippen LogP contribution in [-0.2, 0) is 31.5 Å². The molecule has 6 aromatic carbocycles. The van der Waals surface area contributed by atoms with Gasteiger partial charge in [-0.05, 0) is 111 Å². The maximum absolute atomic E-state index is 6.13. The molecule has 1 fully saturated rings. The number of fused-ring (bicyclic) bond motifs is 1. The summed E-state index contributed by atoms with van der Waals surface area (Å²) in [6.07, 6.45) is 8.47. The van der Waals surface area contributed by atoms with E-state index in [-0.39, 0.29) is 5.41 Å².